The summed E-state index contributed by atoms with van der Waals surface area (Å²) in [6, 6.07) is 26.0. The Hall–Kier alpha value is -4.74. The van der Waals surface area contributed by atoms with Crippen LogP contribution in [-0.2, 0) is 15.0 Å². The summed E-state index contributed by atoms with van der Waals surface area (Å²) >= 11 is 6.10. The van der Waals surface area contributed by atoms with Gasteiger partial charge in [-0.1, -0.05) is 29.8 Å². The van der Waals surface area contributed by atoms with Gasteiger partial charge in [0.15, 0.2) is 0 Å². The molecule has 40 heavy (non-hydrogen) atoms. The molecule has 4 aromatic carbocycles. The minimum Gasteiger partial charge on any atom is -0.457 e. The van der Waals surface area contributed by atoms with Crippen LogP contribution in [0, 0.1) is 23.0 Å². The Morgan fingerprint density at radius 2 is 1.57 bits per heavy atom. The van der Waals surface area contributed by atoms with E-state index in [9.17, 15) is 18.4 Å². The van der Waals surface area contributed by atoms with Crippen molar-refractivity contribution in [1.29, 1.82) is 5.26 Å². The topological polar surface area (TPSA) is 91.2 Å². The molecule has 0 aromatic heterocycles. The Morgan fingerprint density at radius 1 is 0.900 bits per heavy atom. The first-order valence-electron chi connectivity index (χ1n) is 12.4. The molecule has 0 saturated carbocycles. The smallest absolute Gasteiger partial charge is 0.237 e. The maximum atomic E-state index is 13.5. The number of rotatable bonds is 3. The summed E-state index contributed by atoms with van der Waals surface area (Å²) in [5, 5.41) is 14.7. The Kier molecular flexibility index (Phi) is 7.50. The molecule has 1 spiro atoms. The van der Waals surface area contributed by atoms with E-state index in [4.69, 9.17) is 21.6 Å². The van der Waals surface area contributed by atoms with E-state index in [0.717, 1.165) is 5.56 Å². The lowest BCUT2D eigenvalue weighted by molar-refractivity contribution is -0.128. The van der Waals surface area contributed by atoms with Crippen molar-refractivity contribution in [3.8, 4) is 17.6 Å². The van der Waals surface area contributed by atoms with Crippen LogP contribution in [0.1, 0.15) is 29.0 Å². The monoisotopic (exact) mass is 557 g/mol. The standard InChI is InChI=1S/C18H14ClFN2O2.C13H8FNO/c19-11-3-1-2-10(6-11)14-8-16(23)21-9-18(14)13-5-4-12(20)7-15(13)22-17(18)24;14-11-3-7-13(8-4-11)16-12-5-1-10(9-15)2-6-12/h1-7,14H,8-9H2,(H,21,23)(H,22,24);1-8H/t14-,18-;/m0./s1. The van der Waals surface area contributed by atoms with Crippen LogP contribution >= 0.6 is 11.6 Å². The largest absolute Gasteiger partial charge is 0.457 e. The summed E-state index contributed by atoms with van der Waals surface area (Å²) in [4.78, 5) is 24.9. The molecule has 2 atom stereocenters. The fourth-order valence-corrected chi connectivity index (χ4v) is 5.24. The van der Waals surface area contributed by atoms with Crippen molar-refractivity contribution in [3.63, 3.8) is 0 Å². The van der Waals surface area contributed by atoms with E-state index < -0.39 is 11.2 Å². The molecular formula is C31H22ClF2N3O3. The molecule has 2 aliphatic heterocycles. The number of ether oxygens (including phenoxy) is 1. The quantitative estimate of drug-likeness (QED) is 0.302. The van der Waals surface area contributed by atoms with Gasteiger partial charge in [-0.05, 0) is 83.9 Å². The third-order valence-corrected chi connectivity index (χ3v) is 7.18. The molecule has 1 saturated heterocycles. The number of nitriles is 1. The van der Waals surface area contributed by atoms with Gasteiger partial charge in [0.1, 0.15) is 28.5 Å². The average molecular weight is 558 g/mol. The molecule has 1 fully saturated rings. The lowest BCUT2D eigenvalue weighted by Gasteiger charge is -2.40. The predicted molar refractivity (Wildman–Crippen MR) is 146 cm³/mol. The van der Waals surface area contributed by atoms with Crippen molar-refractivity contribution in [1.82, 2.24) is 5.32 Å². The molecule has 200 valence electrons. The fraction of sp³-hybridized carbons (Fsp3) is 0.129. The minimum atomic E-state index is -0.957. The molecule has 4 aromatic rings. The maximum Gasteiger partial charge on any atom is 0.237 e. The van der Waals surface area contributed by atoms with E-state index in [1.54, 1.807) is 60.7 Å². The lowest BCUT2D eigenvalue weighted by atomic mass is 9.65. The molecule has 6 rings (SSSR count). The van der Waals surface area contributed by atoms with Crippen LogP contribution in [0.3, 0.4) is 0 Å². The number of anilines is 1. The molecule has 0 unspecified atom stereocenters. The molecule has 2 aliphatic rings. The zero-order valence-corrected chi connectivity index (χ0v) is 21.7. The lowest BCUT2D eigenvalue weighted by Crippen LogP contribution is -2.54. The highest BCUT2D eigenvalue weighted by atomic mass is 35.5. The van der Waals surface area contributed by atoms with Crippen LogP contribution in [0.5, 0.6) is 11.5 Å². The fourth-order valence-electron chi connectivity index (χ4n) is 5.04. The minimum absolute atomic E-state index is 0.117. The number of nitrogens with zero attached hydrogens (tertiary/aromatic N) is 1. The van der Waals surface area contributed by atoms with E-state index in [2.05, 4.69) is 10.6 Å². The number of piperidine rings is 1. The summed E-state index contributed by atoms with van der Waals surface area (Å²) in [6.45, 7) is 0.174. The number of amides is 2. The van der Waals surface area contributed by atoms with Gasteiger partial charge in [-0.15, -0.1) is 0 Å². The molecule has 6 nitrogen and oxygen atoms in total. The van der Waals surface area contributed by atoms with Gasteiger partial charge in [-0.2, -0.15) is 5.26 Å². The van der Waals surface area contributed by atoms with Gasteiger partial charge in [0, 0.05) is 29.6 Å². The molecule has 2 amide bonds. The number of hydrogen-bond donors (Lipinski definition) is 2. The van der Waals surface area contributed by atoms with Crippen LogP contribution in [0.25, 0.3) is 0 Å². The van der Waals surface area contributed by atoms with Crippen LogP contribution in [0.15, 0.2) is 91.0 Å². The van der Waals surface area contributed by atoms with E-state index in [-0.39, 0.29) is 36.5 Å². The van der Waals surface area contributed by atoms with Gasteiger partial charge in [0.05, 0.1) is 11.6 Å². The van der Waals surface area contributed by atoms with Gasteiger partial charge in [0.25, 0.3) is 0 Å². The van der Waals surface area contributed by atoms with E-state index in [1.165, 1.54) is 24.3 Å². The normalized spacial score (nSPS) is 19.0. The van der Waals surface area contributed by atoms with Gasteiger partial charge >= 0.3 is 0 Å². The summed E-state index contributed by atoms with van der Waals surface area (Å²) in [6.07, 6.45) is 0.171. The first-order valence-corrected chi connectivity index (χ1v) is 12.7. The van der Waals surface area contributed by atoms with E-state index >= 15 is 0 Å². The molecule has 0 radical (unpaired) electrons. The van der Waals surface area contributed by atoms with E-state index in [1.807, 2.05) is 12.1 Å². The van der Waals surface area contributed by atoms with Crippen LogP contribution < -0.4 is 15.4 Å². The summed E-state index contributed by atoms with van der Waals surface area (Å²) in [5.41, 5.74) is 1.61. The van der Waals surface area contributed by atoms with E-state index in [0.29, 0.717) is 33.3 Å². The second-order valence-corrected chi connectivity index (χ2v) is 9.83. The first kappa shape index (κ1) is 26.9. The van der Waals surface area contributed by atoms with Crippen LogP contribution in [-0.4, -0.2) is 18.4 Å². The molecular weight excluding hydrogens is 536 g/mol. The number of fused-ring (bicyclic) bond motifs is 2. The van der Waals surface area contributed by atoms with Gasteiger partial charge in [-0.3, -0.25) is 9.59 Å². The Morgan fingerprint density at radius 3 is 2.25 bits per heavy atom. The highest BCUT2D eigenvalue weighted by molar-refractivity contribution is 6.30. The highest BCUT2D eigenvalue weighted by Crippen LogP contribution is 2.50. The number of nitrogens with one attached hydrogen (secondary N) is 2. The SMILES string of the molecule is N#Cc1ccc(Oc2ccc(F)cc2)cc1.O=C1C[C@@H](c2cccc(Cl)c2)[C@@]2(CN1)C(=O)Nc1cc(F)ccc12. The first-order chi connectivity index (χ1) is 19.3. The van der Waals surface area contributed by atoms with Gasteiger partial charge in [-0.25, -0.2) is 8.78 Å². The summed E-state index contributed by atoms with van der Waals surface area (Å²) in [5.74, 6) is -0.243. The van der Waals surface area contributed by atoms with Gasteiger partial charge in [0.2, 0.25) is 11.8 Å². The zero-order chi connectivity index (χ0) is 28.3. The zero-order valence-electron chi connectivity index (χ0n) is 21.0. The molecule has 0 aliphatic carbocycles. The van der Waals surface area contributed by atoms with Crippen molar-refractivity contribution >= 4 is 29.1 Å². The summed E-state index contributed by atoms with van der Waals surface area (Å²) in [7, 11) is 0. The number of hydrogen-bond acceptors (Lipinski definition) is 4. The van der Waals surface area contributed by atoms with Crippen molar-refractivity contribution < 1.29 is 23.1 Å². The molecule has 0 bridgehead atoms. The van der Waals surface area contributed by atoms with Crippen molar-refractivity contribution in [3.05, 3.63) is 124 Å². The number of halogens is 3. The predicted octanol–water partition coefficient (Wildman–Crippen LogP) is 6.46. The Bertz CT molecular complexity index is 1620. The van der Waals surface area contributed by atoms with Crippen LogP contribution in [0.2, 0.25) is 5.02 Å². The number of carbonyl (C=O) groups is 2. The third kappa shape index (κ3) is 5.37. The number of carbonyl (C=O) groups excluding carboxylic acids is 2. The average Bonchev–Trinajstić information content (AvgIpc) is 3.22. The van der Waals surface area contributed by atoms with Crippen LogP contribution in [0.4, 0.5) is 14.5 Å². The highest BCUT2D eigenvalue weighted by Gasteiger charge is 2.55. The number of benzene rings is 4. The summed E-state index contributed by atoms with van der Waals surface area (Å²) < 4.78 is 31.6. The maximum absolute atomic E-state index is 13.5. The molecule has 9 heteroatoms. The molecule has 2 N–H and O–H groups in total. The van der Waals surface area contributed by atoms with Crippen molar-refractivity contribution in [2.24, 2.45) is 0 Å². The second kappa shape index (κ2) is 11.2. The third-order valence-electron chi connectivity index (χ3n) is 6.95. The molecule has 2 heterocycles. The second-order valence-electron chi connectivity index (χ2n) is 9.40. The Balaban J connectivity index is 0.000000176. The Labute approximate surface area is 234 Å². The van der Waals surface area contributed by atoms with Crippen molar-refractivity contribution in [2.75, 3.05) is 11.9 Å². The van der Waals surface area contributed by atoms with Crippen molar-refractivity contribution in [2.45, 2.75) is 17.8 Å². The van der Waals surface area contributed by atoms with Gasteiger partial charge < -0.3 is 15.4 Å².